The summed E-state index contributed by atoms with van der Waals surface area (Å²) in [6.07, 6.45) is 2.69. The van der Waals surface area contributed by atoms with E-state index in [0.717, 1.165) is 36.0 Å². The van der Waals surface area contributed by atoms with Gasteiger partial charge in [-0.1, -0.05) is 40.5 Å². The lowest BCUT2D eigenvalue weighted by Crippen LogP contribution is -2.28. The number of rotatable bonds is 5. The van der Waals surface area contributed by atoms with E-state index < -0.39 is 0 Å². The van der Waals surface area contributed by atoms with E-state index in [2.05, 4.69) is 22.9 Å². The first-order chi connectivity index (χ1) is 8.61. The van der Waals surface area contributed by atoms with Crippen LogP contribution in [0.4, 0.5) is 5.69 Å². The zero-order chi connectivity index (χ0) is 13.1. The second-order valence-electron chi connectivity index (χ2n) is 4.87. The molecule has 18 heavy (non-hydrogen) atoms. The molecule has 0 aromatic heterocycles. The smallest absolute Gasteiger partial charge is 0.231 e. The van der Waals surface area contributed by atoms with Crippen molar-refractivity contribution < 1.29 is 4.79 Å². The van der Waals surface area contributed by atoms with E-state index in [9.17, 15) is 4.79 Å². The van der Waals surface area contributed by atoms with Crippen LogP contribution >= 0.6 is 27.5 Å². The van der Waals surface area contributed by atoms with Gasteiger partial charge in [0.1, 0.15) is 0 Å². The predicted octanol–water partition coefficient (Wildman–Crippen LogP) is 4.04. The van der Waals surface area contributed by atoms with E-state index in [0.29, 0.717) is 17.4 Å². The fourth-order valence-corrected chi connectivity index (χ4v) is 3.20. The molecular weight excluding hydrogens is 314 g/mol. The van der Waals surface area contributed by atoms with Crippen LogP contribution in [0.2, 0.25) is 5.02 Å². The van der Waals surface area contributed by atoms with Crippen LogP contribution in [-0.4, -0.2) is 17.8 Å². The van der Waals surface area contributed by atoms with E-state index >= 15 is 0 Å². The molecule has 98 valence electrons. The van der Waals surface area contributed by atoms with Crippen LogP contribution in [0.1, 0.15) is 25.3 Å². The molecule has 0 N–H and O–H groups in total. The third-order valence-electron chi connectivity index (χ3n) is 3.43. The van der Waals surface area contributed by atoms with Gasteiger partial charge in [-0.15, -0.1) is 0 Å². The van der Waals surface area contributed by atoms with Crippen molar-refractivity contribution in [3.8, 4) is 0 Å². The van der Waals surface area contributed by atoms with Crippen LogP contribution in [0.5, 0.6) is 0 Å². The number of nitrogens with zero attached hydrogens (tertiary/aromatic N) is 1. The highest BCUT2D eigenvalue weighted by Gasteiger charge is 2.27. The summed E-state index contributed by atoms with van der Waals surface area (Å²) < 4.78 is 0. The van der Waals surface area contributed by atoms with E-state index in [1.165, 1.54) is 0 Å². The van der Waals surface area contributed by atoms with E-state index in [1.807, 2.05) is 23.1 Å². The molecular formula is C14H17BrClNO. The monoisotopic (exact) mass is 329 g/mol. The maximum atomic E-state index is 12.0. The molecule has 1 aromatic rings. The van der Waals surface area contributed by atoms with Gasteiger partial charge in [0.25, 0.3) is 0 Å². The quantitative estimate of drug-likeness (QED) is 0.746. The minimum absolute atomic E-state index is 0.193. The topological polar surface area (TPSA) is 20.3 Å². The highest BCUT2D eigenvalue weighted by Crippen LogP contribution is 2.32. The van der Waals surface area contributed by atoms with Crippen LogP contribution < -0.4 is 4.90 Å². The van der Waals surface area contributed by atoms with Crippen molar-refractivity contribution in [2.45, 2.75) is 26.2 Å². The highest BCUT2D eigenvalue weighted by atomic mass is 79.9. The molecule has 0 fully saturated rings. The SMILES string of the molecule is CC(CCBr)CCN1C(=O)Cc2ccc(Cl)cc21. The predicted molar refractivity (Wildman–Crippen MR) is 79.7 cm³/mol. The Bertz CT molecular complexity index is 449. The van der Waals surface area contributed by atoms with E-state index in [4.69, 9.17) is 11.6 Å². The van der Waals surface area contributed by atoms with Gasteiger partial charge in [-0.25, -0.2) is 0 Å². The van der Waals surface area contributed by atoms with Gasteiger partial charge >= 0.3 is 0 Å². The van der Waals surface area contributed by atoms with Gasteiger partial charge in [-0.05, 0) is 36.5 Å². The van der Waals surface area contributed by atoms with Crippen molar-refractivity contribution >= 4 is 39.1 Å². The lowest BCUT2D eigenvalue weighted by molar-refractivity contribution is -0.117. The molecule has 2 rings (SSSR count). The summed E-state index contributed by atoms with van der Waals surface area (Å²) >= 11 is 9.46. The number of carbonyl (C=O) groups excluding carboxylic acids is 1. The molecule has 1 amide bonds. The molecule has 0 aliphatic carbocycles. The molecule has 0 saturated heterocycles. The standard InChI is InChI=1S/C14H17BrClNO/c1-10(4-6-15)5-7-17-13-9-12(16)3-2-11(13)8-14(17)18/h2-3,9-10H,4-8H2,1H3. The minimum atomic E-state index is 0.193. The van der Waals surface area contributed by atoms with E-state index in [1.54, 1.807) is 0 Å². The van der Waals surface area contributed by atoms with Gasteiger partial charge in [0.2, 0.25) is 5.91 Å². The van der Waals surface area contributed by atoms with Crippen molar-refractivity contribution in [2.75, 3.05) is 16.8 Å². The molecule has 0 spiro atoms. The van der Waals surface area contributed by atoms with Crippen molar-refractivity contribution in [1.82, 2.24) is 0 Å². The Morgan fingerprint density at radius 2 is 2.22 bits per heavy atom. The number of alkyl halides is 1. The number of anilines is 1. The second kappa shape index (κ2) is 6.07. The summed E-state index contributed by atoms with van der Waals surface area (Å²) in [5, 5.41) is 1.71. The first-order valence-electron chi connectivity index (χ1n) is 6.26. The Balaban J connectivity index is 2.06. The number of hydrogen-bond acceptors (Lipinski definition) is 1. The summed E-state index contributed by atoms with van der Waals surface area (Å²) in [7, 11) is 0. The maximum Gasteiger partial charge on any atom is 0.231 e. The van der Waals surface area contributed by atoms with Gasteiger partial charge in [0, 0.05) is 22.6 Å². The van der Waals surface area contributed by atoms with Crippen molar-refractivity contribution in [3.63, 3.8) is 0 Å². The Morgan fingerprint density at radius 1 is 1.44 bits per heavy atom. The van der Waals surface area contributed by atoms with Crippen molar-refractivity contribution in [1.29, 1.82) is 0 Å². The van der Waals surface area contributed by atoms with Crippen molar-refractivity contribution in [2.24, 2.45) is 5.92 Å². The van der Waals surface area contributed by atoms with Gasteiger partial charge in [-0.2, -0.15) is 0 Å². The summed E-state index contributed by atoms with van der Waals surface area (Å²) in [6.45, 7) is 3.01. The Labute approximate surface area is 121 Å². The number of hydrogen-bond donors (Lipinski definition) is 0. The van der Waals surface area contributed by atoms with Gasteiger partial charge < -0.3 is 4.90 Å². The normalized spacial score (nSPS) is 15.9. The largest absolute Gasteiger partial charge is 0.312 e. The van der Waals surface area contributed by atoms with Gasteiger partial charge in [0.15, 0.2) is 0 Å². The molecule has 1 atom stereocenters. The summed E-state index contributed by atoms with van der Waals surface area (Å²) in [6, 6.07) is 5.71. The highest BCUT2D eigenvalue weighted by molar-refractivity contribution is 9.09. The van der Waals surface area contributed by atoms with Crippen LogP contribution in [0.3, 0.4) is 0 Å². The van der Waals surface area contributed by atoms with Crippen LogP contribution in [0.15, 0.2) is 18.2 Å². The second-order valence-corrected chi connectivity index (χ2v) is 6.10. The molecule has 1 aromatic carbocycles. The summed E-state index contributed by atoms with van der Waals surface area (Å²) in [4.78, 5) is 13.9. The molecule has 0 saturated carbocycles. The minimum Gasteiger partial charge on any atom is -0.312 e. The van der Waals surface area contributed by atoms with Crippen LogP contribution in [0, 0.1) is 5.92 Å². The molecule has 0 radical (unpaired) electrons. The third kappa shape index (κ3) is 3.07. The average Bonchev–Trinajstić information content (AvgIpc) is 2.62. The molecule has 1 unspecified atom stereocenters. The Morgan fingerprint density at radius 3 is 2.94 bits per heavy atom. The van der Waals surface area contributed by atoms with Crippen LogP contribution in [0.25, 0.3) is 0 Å². The zero-order valence-electron chi connectivity index (χ0n) is 10.5. The van der Waals surface area contributed by atoms with E-state index in [-0.39, 0.29) is 5.91 Å². The van der Waals surface area contributed by atoms with Gasteiger partial charge in [-0.3, -0.25) is 4.79 Å². The fourth-order valence-electron chi connectivity index (χ4n) is 2.26. The van der Waals surface area contributed by atoms with Crippen molar-refractivity contribution in [3.05, 3.63) is 28.8 Å². The number of amides is 1. The summed E-state index contributed by atoms with van der Waals surface area (Å²) in [5.41, 5.74) is 2.09. The molecule has 4 heteroatoms. The number of halogens is 2. The Kier molecular flexibility index (Phi) is 4.68. The molecule has 1 aliphatic rings. The zero-order valence-corrected chi connectivity index (χ0v) is 12.8. The summed E-state index contributed by atoms with van der Waals surface area (Å²) in [5.74, 6) is 0.818. The van der Waals surface area contributed by atoms with Crippen LogP contribution in [-0.2, 0) is 11.2 Å². The fraction of sp³-hybridized carbons (Fsp3) is 0.500. The first kappa shape index (κ1) is 13.9. The lowest BCUT2D eigenvalue weighted by Gasteiger charge is -2.20. The molecule has 1 aliphatic heterocycles. The molecule has 1 heterocycles. The average molecular weight is 331 g/mol. The first-order valence-corrected chi connectivity index (χ1v) is 7.76. The lowest BCUT2D eigenvalue weighted by atomic mass is 10.1. The third-order valence-corrected chi connectivity index (χ3v) is 4.12. The number of fused-ring (bicyclic) bond motifs is 1. The molecule has 2 nitrogen and oxygen atoms in total. The number of benzene rings is 1. The number of carbonyl (C=O) groups is 1. The molecule has 0 bridgehead atoms. The Hall–Kier alpha value is -0.540. The van der Waals surface area contributed by atoms with Gasteiger partial charge in [0.05, 0.1) is 6.42 Å². The maximum absolute atomic E-state index is 12.0.